The topological polar surface area (TPSA) is 55.6 Å². The zero-order valence-corrected chi connectivity index (χ0v) is 10.7. The average molecular weight is 240 g/mol. The Morgan fingerprint density at radius 2 is 2.29 bits per heavy atom. The summed E-state index contributed by atoms with van der Waals surface area (Å²) in [6, 6.07) is 0. The number of nitrogens with zero attached hydrogens (tertiary/aromatic N) is 1. The van der Waals surface area contributed by atoms with E-state index in [1.54, 1.807) is 0 Å². The third-order valence-corrected chi connectivity index (χ3v) is 4.10. The molecule has 0 saturated carbocycles. The van der Waals surface area contributed by atoms with Gasteiger partial charge in [0.05, 0.1) is 12.0 Å². The molecular formula is C13H24N2O2. The molecule has 2 N–H and O–H groups in total. The van der Waals surface area contributed by atoms with Crippen LogP contribution in [-0.4, -0.2) is 43.2 Å². The number of nitrogens with two attached hydrogens (primary N) is 1. The molecule has 2 heterocycles. The molecule has 2 aliphatic heterocycles. The van der Waals surface area contributed by atoms with Gasteiger partial charge >= 0.3 is 0 Å². The minimum Gasteiger partial charge on any atom is -0.377 e. The first-order valence-electron chi connectivity index (χ1n) is 6.86. The molecule has 2 saturated heterocycles. The lowest BCUT2D eigenvalue weighted by Crippen LogP contribution is -2.37. The van der Waals surface area contributed by atoms with E-state index in [0.29, 0.717) is 11.8 Å². The zero-order chi connectivity index (χ0) is 12.3. The number of hydrogen-bond acceptors (Lipinski definition) is 3. The maximum absolute atomic E-state index is 12.4. The molecule has 2 fully saturated rings. The summed E-state index contributed by atoms with van der Waals surface area (Å²) >= 11 is 0. The molecule has 2 rings (SSSR count). The predicted molar refractivity (Wildman–Crippen MR) is 66.5 cm³/mol. The highest BCUT2D eigenvalue weighted by Crippen LogP contribution is 2.28. The number of amides is 1. The Hall–Kier alpha value is -0.610. The van der Waals surface area contributed by atoms with E-state index in [1.807, 2.05) is 4.90 Å². The first kappa shape index (κ1) is 12.8. The lowest BCUT2D eigenvalue weighted by atomic mass is 9.98. The van der Waals surface area contributed by atoms with Crippen LogP contribution in [0.2, 0.25) is 0 Å². The molecule has 0 aromatic carbocycles. The van der Waals surface area contributed by atoms with Crippen LogP contribution < -0.4 is 5.73 Å². The average Bonchev–Trinajstić information content (AvgIpc) is 2.96. The van der Waals surface area contributed by atoms with E-state index in [1.165, 1.54) is 0 Å². The Bertz CT molecular complexity index is 270. The van der Waals surface area contributed by atoms with Crippen LogP contribution in [-0.2, 0) is 9.53 Å². The van der Waals surface area contributed by atoms with Gasteiger partial charge in [-0.2, -0.15) is 0 Å². The molecule has 0 bridgehead atoms. The second-order valence-electron chi connectivity index (χ2n) is 5.23. The quantitative estimate of drug-likeness (QED) is 0.797. The van der Waals surface area contributed by atoms with Gasteiger partial charge in [-0.05, 0) is 38.1 Å². The Labute approximate surface area is 103 Å². The molecule has 0 aliphatic carbocycles. The second kappa shape index (κ2) is 5.83. The van der Waals surface area contributed by atoms with Gasteiger partial charge in [-0.25, -0.2) is 0 Å². The van der Waals surface area contributed by atoms with Crippen molar-refractivity contribution in [3.05, 3.63) is 0 Å². The van der Waals surface area contributed by atoms with E-state index in [2.05, 4.69) is 6.92 Å². The van der Waals surface area contributed by atoms with E-state index in [0.717, 1.165) is 51.9 Å². The largest absolute Gasteiger partial charge is 0.377 e. The molecule has 1 amide bonds. The van der Waals surface area contributed by atoms with Crippen molar-refractivity contribution in [1.82, 2.24) is 4.90 Å². The van der Waals surface area contributed by atoms with Gasteiger partial charge < -0.3 is 15.4 Å². The number of hydrogen-bond donors (Lipinski definition) is 1. The van der Waals surface area contributed by atoms with Crippen molar-refractivity contribution in [3.63, 3.8) is 0 Å². The molecule has 0 aromatic rings. The standard InChI is InChI=1S/C13H24N2O2/c1-2-12-11(5-8-17-12)13(16)15-7-4-10(9-15)3-6-14/h10-12H,2-9,14H2,1H3. The van der Waals surface area contributed by atoms with Crippen LogP contribution in [0, 0.1) is 11.8 Å². The number of ether oxygens (including phenoxy) is 1. The van der Waals surface area contributed by atoms with E-state index >= 15 is 0 Å². The van der Waals surface area contributed by atoms with Crippen molar-refractivity contribution in [2.24, 2.45) is 17.6 Å². The lowest BCUT2D eigenvalue weighted by molar-refractivity contribution is -0.136. The fourth-order valence-corrected chi connectivity index (χ4v) is 3.07. The van der Waals surface area contributed by atoms with Crippen molar-refractivity contribution >= 4 is 5.91 Å². The van der Waals surface area contributed by atoms with Crippen LogP contribution in [0.1, 0.15) is 32.6 Å². The summed E-state index contributed by atoms with van der Waals surface area (Å²) in [4.78, 5) is 14.4. The Morgan fingerprint density at radius 3 is 3.00 bits per heavy atom. The predicted octanol–water partition coefficient (Wildman–Crippen LogP) is 0.999. The highest BCUT2D eigenvalue weighted by molar-refractivity contribution is 5.80. The van der Waals surface area contributed by atoms with E-state index in [9.17, 15) is 4.79 Å². The fraction of sp³-hybridized carbons (Fsp3) is 0.923. The highest BCUT2D eigenvalue weighted by Gasteiger charge is 2.37. The lowest BCUT2D eigenvalue weighted by Gasteiger charge is -2.23. The maximum Gasteiger partial charge on any atom is 0.228 e. The van der Waals surface area contributed by atoms with Crippen molar-refractivity contribution in [1.29, 1.82) is 0 Å². The summed E-state index contributed by atoms with van der Waals surface area (Å²) in [5.41, 5.74) is 5.57. The van der Waals surface area contributed by atoms with Crippen molar-refractivity contribution in [2.75, 3.05) is 26.2 Å². The van der Waals surface area contributed by atoms with Crippen molar-refractivity contribution < 1.29 is 9.53 Å². The van der Waals surface area contributed by atoms with Crippen molar-refractivity contribution in [2.45, 2.75) is 38.7 Å². The van der Waals surface area contributed by atoms with Crippen LogP contribution in [0.3, 0.4) is 0 Å². The van der Waals surface area contributed by atoms with Crippen LogP contribution in [0.5, 0.6) is 0 Å². The van der Waals surface area contributed by atoms with Crippen LogP contribution >= 0.6 is 0 Å². The van der Waals surface area contributed by atoms with Gasteiger partial charge in [-0.1, -0.05) is 6.92 Å². The summed E-state index contributed by atoms with van der Waals surface area (Å²) in [6.07, 6.45) is 4.15. The molecule has 17 heavy (non-hydrogen) atoms. The Balaban J connectivity index is 1.88. The van der Waals surface area contributed by atoms with E-state index in [-0.39, 0.29) is 12.0 Å². The third kappa shape index (κ3) is 2.80. The van der Waals surface area contributed by atoms with Gasteiger partial charge in [0.15, 0.2) is 0 Å². The molecule has 0 aromatic heterocycles. The summed E-state index contributed by atoms with van der Waals surface area (Å²) in [5, 5.41) is 0. The monoisotopic (exact) mass is 240 g/mol. The summed E-state index contributed by atoms with van der Waals surface area (Å²) in [7, 11) is 0. The second-order valence-corrected chi connectivity index (χ2v) is 5.23. The zero-order valence-electron chi connectivity index (χ0n) is 10.7. The highest BCUT2D eigenvalue weighted by atomic mass is 16.5. The molecule has 2 aliphatic rings. The molecule has 98 valence electrons. The van der Waals surface area contributed by atoms with Gasteiger partial charge in [0.1, 0.15) is 0 Å². The van der Waals surface area contributed by atoms with Gasteiger partial charge in [0, 0.05) is 19.7 Å². The van der Waals surface area contributed by atoms with Crippen LogP contribution in [0.25, 0.3) is 0 Å². The summed E-state index contributed by atoms with van der Waals surface area (Å²) in [6.45, 7) is 5.39. The molecule has 3 atom stereocenters. The van der Waals surface area contributed by atoms with E-state index < -0.39 is 0 Å². The number of carbonyl (C=O) groups excluding carboxylic acids is 1. The van der Waals surface area contributed by atoms with Gasteiger partial charge in [-0.3, -0.25) is 4.79 Å². The first-order valence-corrected chi connectivity index (χ1v) is 6.86. The van der Waals surface area contributed by atoms with Gasteiger partial charge in [0.25, 0.3) is 0 Å². The molecular weight excluding hydrogens is 216 g/mol. The van der Waals surface area contributed by atoms with E-state index in [4.69, 9.17) is 10.5 Å². The summed E-state index contributed by atoms with van der Waals surface area (Å²) in [5.74, 6) is 1.04. The number of rotatable bonds is 4. The molecule has 0 spiro atoms. The molecule has 4 nitrogen and oxygen atoms in total. The van der Waals surface area contributed by atoms with Gasteiger partial charge in [0.2, 0.25) is 5.91 Å². The number of likely N-dealkylation sites (tertiary alicyclic amines) is 1. The first-order chi connectivity index (χ1) is 8.26. The summed E-state index contributed by atoms with van der Waals surface area (Å²) < 4.78 is 5.60. The Kier molecular flexibility index (Phi) is 4.40. The normalized spacial score (nSPS) is 33.3. The maximum atomic E-state index is 12.4. The third-order valence-electron chi connectivity index (χ3n) is 4.10. The smallest absolute Gasteiger partial charge is 0.228 e. The van der Waals surface area contributed by atoms with Crippen molar-refractivity contribution in [3.8, 4) is 0 Å². The minimum absolute atomic E-state index is 0.108. The SMILES string of the molecule is CCC1OCCC1C(=O)N1CCC(CCN)C1. The number of carbonyl (C=O) groups is 1. The molecule has 3 unspecified atom stereocenters. The molecule has 4 heteroatoms. The minimum atomic E-state index is 0.108. The van der Waals surface area contributed by atoms with Crippen LogP contribution in [0.15, 0.2) is 0 Å². The van der Waals surface area contributed by atoms with Crippen LogP contribution in [0.4, 0.5) is 0 Å². The Morgan fingerprint density at radius 1 is 1.47 bits per heavy atom. The fourth-order valence-electron chi connectivity index (χ4n) is 3.07. The van der Waals surface area contributed by atoms with Gasteiger partial charge in [-0.15, -0.1) is 0 Å². The molecule has 0 radical (unpaired) electrons.